The molecule has 2 N–H and O–H groups in total. The molecule has 1 fully saturated rings. The normalized spacial score (nSPS) is 25.5. The number of rotatable bonds is 8. The summed E-state index contributed by atoms with van der Waals surface area (Å²) < 4.78 is 13.5. The number of fused-ring (bicyclic) bond motifs is 1. The van der Waals surface area contributed by atoms with Gasteiger partial charge >= 0.3 is 0 Å². The Labute approximate surface area is 165 Å². The number of aryl methyl sites for hydroxylation is 1. The monoisotopic (exact) mass is 410 g/mol. The summed E-state index contributed by atoms with van der Waals surface area (Å²) in [5.74, 6) is 0.983. The molecular weight excluding hydrogens is 379 g/mol. The van der Waals surface area contributed by atoms with Crippen LogP contribution in [0.3, 0.4) is 0 Å². The standard InChI is InChI=1S/C19H31N4O4P/c1-6-7-9-26-18-14-17(21-12(2)22-18)23(11-20-14)19-16(25)15(24)13(27-19)8-10-28(3,4)5/h11,13,15-16,19,24-25H,3,6-10H2,1-2,4-5H3/t13-,15-,16-,19?/m1/s1. The van der Waals surface area contributed by atoms with Crippen molar-refractivity contribution in [2.45, 2.75) is 57.6 Å². The Hall–Kier alpha value is -1.47. The summed E-state index contributed by atoms with van der Waals surface area (Å²) in [4.78, 5) is 13.2. The number of hydrogen-bond donors (Lipinski definition) is 2. The molecule has 0 aliphatic carbocycles. The van der Waals surface area contributed by atoms with Gasteiger partial charge < -0.3 is 19.7 Å². The largest absolute Gasteiger partial charge is 0.476 e. The summed E-state index contributed by atoms with van der Waals surface area (Å²) in [6, 6.07) is 0. The lowest BCUT2D eigenvalue weighted by Crippen LogP contribution is -2.31. The predicted molar refractivity (Wildman–Crippen MR) is 112 cm³/mol. The third-order valence-electron chi connectivity index (χ3n) is 4.87. The first-order valence-corrected chi connectivity index (χ1v) is 12.8. The Morgan fingerprint density at radius 1 is 1.29 bits per heavy atom. The second kappa shape index (κ2) is 8.49. The summed E-state index contributed by atoms with van der Waals surface area (Å²) in [6.07, 6.45) is 6.03. The number of aliphatic hydroxyl groups is 2. The van der Waals surface area contributed by atoms with Crippen molar-refractivity contribution in [2.75, 3.05) is 26.1 Å². The van der Waals surface area contributed by atoms with Crippen LogP contribution in [-0.2, 0) is 4.74 Å². The molecule has 0 bridgehead atoms. The molecule has 1 aliphatic rings. The zero-order chi connectivity index (χ0) is 20.5. The lowest BCUT2D eigenvalue weighted by molar-refractivity contribution is -0.0353. The van der Waals surface area contributed by atoms with Crippen LogP contribution in [0.25, 0.3) is 11.2 Å². The topological polar surface area (TPSA) is 103 Å². The van der Waals surface area contributed by atoms with E-state index in [0.717, 1.165) is 19.0 Å². The fraction of sp³-hybridized carbons (Fsp3) is 0.684. The molecule has 28 heavy (non-hydrogen) atoms. The Kier molecular flexibility index (Phi) is 6.44. The minimum absolute atomic E-state index is 0.433. The van der Waals surface area contributed by atoms with Crippen molar-refractivity contribution in [1.82, 2.24) is 19.5 Å². The van der Waals surface area contributed by atoms with Gasteiger partial charge in [-0.2, -0.15) is 4.98 Å². The third kappa shape index (κ3) is 4.57. The molecule has 8 nitrogen and oxygen atoms in total. The zero-order valence-electron chi connectivity index (χ0n) is 17.1. The van der Waals surface area contributed by atoms with E-state index in [1.54, 1.807) is 17.8 Å². The molecule has 2 aromatic heterocycles. The van der Waals surface area contributed by atoms with Crippen molar-refractivity contribution in [3.63, 3.8) is 0 Å². The average Bonchev–Trinajstić information content (AvgIpc) is 3.15. The minimum atomic E-state index is -1.24. The summed E-state index contributed by atoms with van der Waals surface area (Å²) in [7, 11) is 0. The van der Waals surface area contributed by atoms with E-state index in [1.807, 2.05) is 0 Å². The number of ether oxygens (including phenoxy) is 2. The van der Waals surface area contributed by atoms with Gasteiger partial charge in [0.15, 0.2) is 17.4 Å². The average molecular weight is 410 g/mol. The number of nitrogens with zero attached hydrogens (tertiary/aromatic N) is 4. The fourth-order valence-electron chi connectivity index (χ4n) is 3.27. The first-order valence-electron chi connectivity index (χ1n) is 9.74. The van der Waals surface area contributed by atoms with E-state index < -0.39 is 31.4 Å². The van der Waals surface area contributed by atoms with Crippen LogP contribution in [0.15, 0.2) is 6.33 Å². The minimum Gasteiger partial charge on any atom is -0.476 e. The van der Waals surface area contributed by atoms with Crippen LogP contribution in [0.2, 0.25) is 0 Å². The Morgan fingerprint density at radius 2 is 2.04 bits per heavy atom. The van der Waals surface area contributed by atoms with E-state index in [-0.39, 0.29) is 0 Å². The number of aromatic nitrogens is 4. The first kappa shape index (κ1) is 21.2. The molecule has 156 valence electrons. The van der Waals surface area contributed by atoms with Crippen molar-refractivity contribution >= 4 is 24.3 Å². The Morgan fingerprint density at radius 3 is 2.71 bits per heavy atom. The second-order valence-electron chi connectivity index (χ2n) is 8.10. The van der Waals surface area contributed by atoms with E-state index in [0.29, 0.717) is 35.9 Å². The van der Waals surface area contributed by atoms with Gasteiger partial charge in [-0.3, -0.25) is 4.57 Å². The smallest absolute Gasteiger partial charge is 0.245 e. The quantitative estimate of drug-likeness (QED) is 0.507. The lowest BCUT2D eigenvalue weighted by Gasteiger charge is -2.18. The van der Waals surface area contributed by atoms with Gasteiger partial charge in [0.2, 0.25) is 5.88 Å². The SMILES string of the molecule is C=P(C)(C)CC[C@H]1OC(n2cnc3c(OCCCC)nc(C)nc32)[C@H](O)[C@@H]1O. The van der Waals surface area contributed by atoms with Crippen LogP contribution in [0, 0.1) is 6.92 Å². The van der Waals surface area contributed by atoms with Crippen LogP contribution >= 0.6 is 6.89 Å². The van der Waals surface area contributed by atoms with E-state index in [2.05, 4.69) is 41.5 Å². The van der Waals surface area contributed by atoms with Gasteiger partial charge in [0.25, 0.3) is 0 Å². The molecule has 9 heteroatoms. The summed E-state index contributed by atoms with van der Waals surface area (Å²) in [6.45, 7) is 7.49. The fourth-order valence-corrected chi connectivity index (χ4v) is 4.22. The maximum Gasteiger partial charge on any atom is 0.245 e. The molecule has 1 unspecified atom stereocenters. The van der Waals surface area contributed by atoms with Crippen molar-refractivity contribution in [2.24, 2.45) is 0 Å². The molecule has 0 spiro atoms. The van der Waals surface area contributed by atoms with Crippen molar-refractivity contribution < 1.29 is 19.7 Å². The summed E-state index contributed by atoms with van der Waals surface area (Å²) in [5, 5.41) is 21.1. The molecule has 3 rings (SSSR count). The maximum absolute atomic E-state index is 10.6. The third-order valence-corrected chi connectivity index (χ3v) is 6.34. The number of aliphatic hydroxyl groups excluding tert-OH is 2. The highest BCUT2D eigenvalue weighted by molar-refractivity contribution is 7.72. The van der Waals surface area contributed by atoms with Gasteiger partial charge in [-0.25, -0.2) is 9.97 Å². The van der Waals surface area contributed by atoms with Gasteiger partial charge in [0, 0.05) is 0 Å². The first-order chi connectivity index (χ1) is 13.2. The highest BCUT2D eigenvalue weighted by Crippen LogP contribution is 2.40. The highest BCUT2D eigenvalue weighted by Gasteiger charge is 2.44. The molecule has 1 saturated heterocycles. The summed E-state index contributed by atoms with van der Waals surface area (Å²) in [5.41, 5.74) is 1.06. The van der Waals surface area contributed by atoms with Crippen molar-refractivity contribution in [1.29, 1.82) is 0 Å². The Bertz CT molecular complexity index is 865. The maximum atomic E-state index is 10.6. The van der Waals surface area contributed by atoms with E-state index in [9.17, 15) is 10.2 Å². The molecule has 0 amide bonds. The van der Waals surface area contributed by atoms with Crippen LogP contribution in [0.1, 0.15) is 38.2 Å². The van der Waals surface area contributed by atoms with Crippen molar-refractivity contribution in [3.05, 3.63) is 12.2 Å². The highest BCUT2D eigenvalue weighted by atomic mass is 31.2. The molecular formula is C19H31N4O4P. The molecule has 1 aliphatic heterocycles. The van der Waals surface area contributed by atoms with Crippen LogP contribution in [-0.4, -0.2) is 80.4 Å². The summed E-state index contributed by atoms with van der Waals surface area (Å²) >= 11 is 0. The van der Waals surface area contributed by atoms with Crippen LogP contribution < -0.4 is 4.74 Å². The van der Waals surface area contributed by atoms with Gasteiger partial charge in [0.05, 0.1) is 19.0 Å². The molecule has 0 saturated carbocycles. The predicted octanol–water partition coefficient (Wildman–Crippen LogP) is 2.03. The van der Waals surface area contributed by atoms with Gasteiger partial charge in [0.1, 0.15) is 18.0 Å². The molecule has 2 aromatic rings. The van der Waals surface area contributed by atoms with Crippen LogP contribution in [0.4, 0.5) is 0 Å². The number of imidazole rings is 1. The molecule has 0 radical (unpaired) electrons. The van der Waals surface area contributed by atoms with Gasteiger partial charge in [-0.05, 0) is 39.3 Å². The number of unbranched alkanes of at least 4 members (excludes halogenated alkanes) is 1. The Balaban J connectivity index is 1.86. The molecule has 0 aromatic carbocycles. The van der Waals surface area contributed by atoms with Crippen molar-refractivity contribution in [3.8, 4) is 5.88 Å². The second-order valence-corrected chi connectivity index (χ2v) is 12.4. The molecule has 3 heterocycles. The van der Waals surface area contributed by atoms with Crippen LogP contribution in [0.5, 0.6) is 5.88 Å². The van der Waals surface area contributed by atoms with E-state index in [4.69, 9.17) is 9.47 Å². The number of hydrogen-bond acceptors (Lipinski definition) is 7. The van der Waals surface area contributed by atoms with E-state index in [1.165, 1.54) is 0 Å². The van der Waals surface area contributed by atoms with E-state index >= 15 is 0 Å². The lowest BCUT2D eigenvalue weighted by atomic mass is 10.1. The van der Waals surface area contributed by atoms with Gasteiger partial charge in [-0.15, -0.1) is 13.2 Å². The van der Waals surface area contributed by atoms with Gasteiger partial charge in [-0.1, -0.05) is 13.3 Å². The molecule has 4 atom stereocenters. The zero-order valence-corrected chi connectivity index (χ0v) is 18.0.